The number of ether oxygens (including phenoxy) is 2. The zero-order chi connectivity index (χ0) is 23.0. The van der Waals surface area contributed by atoms with Crippen LogP contribution in [-0.2, 0) is 19.6 Å². The standard InChI is InChI=1S/C22H27N3O6S/c1-2-30-22(27)23-18-7-6-8-20(15-18)31-21(26)16-32(28,29)24-17-9-11-19(12-10-17)25-13-4-3-5-14-25/h6-12,15,24H,2-5,13-14,16H2,1H3,(H,23,27). The van der Waals surface area contributed by atoms with Crippen LogP contribution in [0.25, 0.3) is 0 Å². The Morgan fingerprint density at radius 1 is 1.00 bits per heavy atom. The number of nitrogens with zero attached hydrogens (tertiary/aromatic N) is 1. The minimum Gasteiger partial charge on any atom is -0.450 e. The fourth-order valence-corrected chi connectivity index (χ4v) is 4.28. The van der Waals surface area contributed by atoms with Crippen molar-refractivity contribution < 1.29 is 27.5 Å². The van der Waals surface area contributed by atoms with Gasteiger partial charge in [0.05, 0.1) is 6.61 Å². The maximum atomic E-state index is 12.4. The topological polar surface area (TPSA) is 114 Å². The van der Waals surface area contributed by atoms with Gasteiger partial charge in [-0.15, -0.1) is 0 Å². The predicted octanol–water partition coefficient (Wildman–Crippen LogP) is 3.59. The number of carbonyl (C=O) groups excluding carboxylic acids is 2. The van der Waals surface area contributed by atoms with Crippen molar-refractivity contribution in [3.05, 3.63) is 48.5 Å². The first-order valence-electron chi connectivity index (χ1n) is 10.4. The van der Waals surface area contributed by atoms with E-state index in [0.29, 0.717) is 11.4 Å². The first kappa shape index (κ1) is 23.4. The number of hydrogen-bond acceptors (Lipinski definition) is 7. The lowest BCUT2D eigenvalue weighted by atomic mass is 10.1. The molecule has 9 nitrogen and oxygen atoms in total. The van der Waals surface area contributed by atoms with Crippen LogP contribution in [0.15, 0.2) is 48.5 Å². The lowest BCUT2D eigenvalue weighted by Crippen LogP contribution is -2.29. The van der Waals surface area contributed by atoms with Crippen molar-refractivity contribution in [1.82, 2.24) is 0 Å². The van der Waals surface area contributed by atoms with Crippen molar-refractivity contribution in [1.29, 1.82) is 0 Å². The monoisotopic (exact) mass is 461 g/mol. The molecule has 2 N–H and O–H groups in total. The molecule has 2 aromatic carbocycles. The van der Waals surface area contributed by atoms with Crippen LogP contribution in [0, 0.1) is 0 Å². The normalized spacial score (nSPS) is 13.8. The van der Waals surface area contributed by atoms with E-state index in [9.17, 15) is 18.0 Å². The Labute approximate surface area is 187 Å². The molecule has 172 valence electrons. The van der Waals surface area contributed by atoms with Gasteiger partial charge in [-0.3, -0.25) is 14.8 Å². The fraction of sp³-hybridized carbons (Fsp3) is 0.364. The Hall–Kier alpha value is -3.27. The van der Waals surface area contributed by atoms with Crippen molar-refractivity contribution in [3.8, 4) is 5.75 Å². The highest BCUT2D eigenvalue weighted by molar-refractivity contribution is 7.93. The van der Waals surface area contributed by atoms with Gasteiger partial charge in [-0.25, -0.2) is 13.2 Å². The van der Waals surface area contributed by atoms with Gasteiger partial charge >= 0.3 is 12.1 Å². The second-order valence-corrected chi connectivity index (χ2v) is 9.03. The van der Waals surface area contributed by atoms with Gasteiger partial charge < -0.3 is 14.4 Å². The molecule has 0 bridgehead atoms. The van der Waals surface area contributed by atoms with Crippen molar-refractivity contribution >= 4 is 39.1 Å². The Bertz CT molecular complexity index is 1030. The lowest BCUT2D eigenvalue weighted by molar-refractivity contribution is -0.131. The summed E-state index contributed by atoms with van der Waals surface area (Å²) in [7, 11) is -3.96. The second-order valence-electron chi connectivity index (χ2n) is 7.30. The summed E-state index contributed by atoms with van der Waals surface area (Å²) in [6.07, 6.45) is 2.89. The molecule has 0 radical (unpaired) electrons. The van der Waals surface area contributed by atoms with Crippen LogP contribution in [0.1, 0.15) is 26.2 Å². The Morgan fingerprint density at radius 3 is 2.41 bits per heavy atom. The summed E-state index contributed by atoms with van der Waals surface area (Å²) in [5.74, 6) is -1.70. The minimum atomic E-state index is -3.96. The molecule has 1 fully saturated rings. The molecule has 3 rings (SSSR count). The number of esters is 1. The molecule has 0 atom stereocenters. The van der Waals surface area contributed by atoms with Gasteiger partial charge in [-0.2, -0.15) is 0 Å². The second kappa shape index (κ2) is 10.9. The SMILES string of the molecule is CCOC(=O)Nc1cccc(OC(=O)CS(=O)(=O)Nc2ccc(N3CCCCC3)cc2)c1. The molecular formula is C22H27N3O6S. The quantitative estimate of drug-likeness (QED) is 0.456. The molecule has 1 saturated heterocycles. The van der Waals surface area contributed by atoms with E-state index in [-0.39, 0.29) is 12.4 Å². The van der Waals surface area contributed by atoms with E-state index in [0.717, 1.165) is 31.6 Å². The largest absolute Gasteiger partial charge is 0.450 e. The first-order valence-corrected chi connectivity index (χ1v) is 12.1. The third-order valence-corrected chi connectivity index (χ3v) is 5.92. The predicted molar refractivity (Wildman–Crippen MR) is 123 cm³/mol. The summed E-state index contributed by atoms with van der Waals surface area (Å²) in [5.41, 5.74) is 1.77. The molecule has 0 saturated carbocycles. The van der Waals surface area contributed by atoms with E-state index in [1.165, 1.54) is 18.6 Å². The van der Waals surface area contributed by atoms with E-state index >= 15 is 0 Å². The van der Waals surface area contributed by atoms with Crippen molar-refractivity contribution in [2.24, 2.45) is 0 Å². The minimum absolute atomic E-state index is 0.102. The van der Waals surface area contributed by atoms with Crippen LogP contribution in [0.3, 0.4) is 0 Å². The molecule has 10 heteroatoms. The fourth-order valence-electron chi connectivity index (χ4n) is 3.35. The maximum absolute atomic E-state index is 12.4. The number of anilines is 3. The Kier molecular flexibility index (Phi) is 7.93. The highest BCUT2D eigenvalue weighted by Crippen LogP contribution is 2.22. The summed E-state index contributed by atoms with van der Waals surface area (Å²) in [5, 5.41) is 2.48. The van der Waals surface area contributed by atoms with Crippen LogP contribution in [-0.4, -0.2) is 45.9 Å². The number of rotatable bonds is 8. The summed E-state index contributed by atoms with van der Waals surface area (Å²) in [6.45, 7) is 3.88. The van der Waals surface area contributed by atoms with E-state index < -0.39 is 27.8 Å². The van der Waals surface area contributed by atoms with E-state index in [1.54, 1.807) is 31.2 Å². The third kappa shape index (κ3) is 7.16. The molecule has 0 unspecified atom stereocenters. The molecule has 0 spiro atoms. The Morgan fingerprint density at radius 2 is 1.72 bits per heavy atom. The Balaban J connectivity index is 1.54. The molecule has 32 heavy (non-hydrogen) atoms. The number of nitrogens with one attached hydrogen (secondary N) is 2. The van der Waals surface area contributed by atoms with Gasteiger partial charge in [0.2, 0.25) is 10.0 Å². The zero-order valence-electron chi connectivity index (χ0n) is 17.9. The van der Waals surface area contributed by atoms with E-state index in [4.69, 9.17) is 9.47 Å². The molecule has 1 aliphatic heterocycles. The van der Waals surface area contributed by atoms with E-state index in [1.807, 2.05) is 12.1 Å². The van der Waals surface area contributed by atoms with Crippen LogP contribution in [0.2, 0.25) is 0 Å². The van der Waals surface area contributed by atoms with Gasteiger partial charge in [0.1, 0.15) is 5.75 Å². The number of hydrogen-bond donors (Lipinski definition) is 2. The van der Waals surface area contributed by atoms with Gasteiger partial charge in [0, 0.05) is 36.2 Å². The number of piperidine rings is 1. The molecule has 1 heterocycles. The average Bonchev–Trinajstić information content (AvgIpc) is 2.74. The number of carbonyl (C=O) groups is 2. The maximum Gasteiger partial charge on any atom is 0.411 e. The molecule has 0 aliphatic carbocycles. The number of sulfonamides is 1. The molecule has 1 amide bonds. The smallest absolute Gasteiger partial charge is 0.411 e. The molecular weight excluding hydrogens is 434 g/mol. The van der Waals surface area contributed by atoms with Crippen LogP contribution >= 0.6 is 0 Å². The summed E-state index contributed by atoms with van der Waals surface area (Å²) < 4.78 is 37.0. The highest BCUT2D eigenvalue weighted by Gasteiger charge is 2.19. The van der Waals surface area contributed by atoms with Crippen LogP contribution in [0.4, 0.5) is 21.9 Å². The summed E-state index contributed by atoms with van der Waals surface area (Å²) >= 11 is 0. The first-order chi connectivity index (χ1) is 15.3. The van der Waals surface area contributed by atoms with Crippen molar-refractivity contribution in [2.75, 3.05) is 40.4 Å². The van der Waals surface area contributed by atoms with Crippen molar-refractivity contribution in [3.63, 3.8) is 0 Å². The summed E-state index contributed by atoms with van der Waals surface area (Å²) in [4.78, 5) is 25.9. The molecule has 2 aromatic rings. The van der Waals surface area contributed by atoms with Crippen molar-refractivity contribution in [2.45, 2.75) is 26.2 Å². The third-order valence-electron chi connectivity index (χ3n) is 4.76. The van der Waals surface area contributed by atoms with Gasteiger partial charge in [-0.05, 0) is 62.6 Å². The van der Waals surface area contributed by atoms with Gasteiger partial charge in [-0.1, -0.05) is 6.07 Å². The number of amides is 1. The average molecular weight is 462 g/mol. The van der Waals surface area contributed by atoms with Gasteiger partial charge in [0.25, 0.3) is 0 Å². The van der Waals surface area contributed by atoms with Crippen LogP contribution in [0.5, 0.6) is 5.75 Å². The zero-order valence-corrected chi connectivity index (χ0v) is 18.7. The number of benzene rings is 2. The van der Waals surface area contributed by atoms with Gasteiger partial charge in [0.15, 0.2) is 5.75 Å². The van der Waals surface area contributed by atoms with E-state index in [2.05, 4.69) is 14.9 Å². The van der Waals surface area contributed by atoms with Crippen LogP contribution < -0.4 is 19.7 Å². The molecule has 1 aliphatic rings. The lowest BCUT2D eigenvalue weighted by Gasteiger charge is -2.28. The summed E-state index contributed by atoms with van der Waals surface area (Å²) in [6, 6.07) is 13.1. The molecule has 0 aromatic heterocycles. The highest BCUT2D eigenvalue weighted by atomic mass is 32.2.